The molecule has 0 radical (unpaired) electrons. The summed E-state index contributed by atoms with van der Waals surface area (Å²) < 4.78 is 10.5. The van der Waals surface area contributed by atoms with Crippen LogP contribution in [-0.2, 0) is 6.42 Å². The molecule has 0 fully saturated rings. The third-order valence-electron chi connectivity index (χ3n) is 3.73. The highest BCUT2D eigenvalue weighted by molar-refractivity contribution is 5.83. The fraction of sp³-hybridized carbons (Fsp3) is 0.353. The largest absolute Gasteiger partial charge is 0.493 e. The molecule has 0 amide bonds. The third kappa shape index (κ3) is 4.82. The average molecular weight is 391 g/mol. The van der Waals surface area contributed by atoms with E-state index in [0.29, 0.717) is 16.8 Å². The maximum absolute atomic E-state index is 12.0. The number of benzene rings is 1. The molecular formula is C17H21N5O6. The van der Waals surface area contributed by atoms with Crippen LogP contribution in [0.4, 0.5) is 11.6 Å². The first-order valence-electron chi connectivity index (χ1n) is 8.40. The lowest BCUT2D eigenvalue weighted by Crippen LogP contribution is -2.19. The first kappa shape index (κ1) is 20.8. The van der Waals surface area contributed by atoms with Crippen molar-refractivity contribution in [1.82, 2.24) is 9.97 Å². The van der Waals surface area contributed by atoms with Gasteiger partial charge in [-0.15, -0.1) is 0 Å². The summed E-state index contributed by atoms with van der Waals surface area (Å²) in [6.45, 7) is 3.45. The highest BCUT2D eigenvalue weighted by Crippen LogP contribution is 2.37. The Balaban J connectivity index is 2.28. The fourth-order valence-electron chi connectivity index (χ4n) is 2.50. The van der Waals surface area contributed by atoms with Crippen molar-refractivity contribution in [1.29, 1.82) is 0 Å². The van der Waals surface area contributed by atoms with Crippen LogP contribution in [0.1, 0.15) is 23.7 Å². The Morgan fingerprint density at radius 3 is 2.79 bits per heavy atom. The van der Waals surface area contributed by atoms with E-state index in [0.717, 1.165) is 0 Å². The molecule has 2 aromatic rings. The lowest BCUT2D eigenvalue weighted by Gasteiger charge is -2.10. The van der Waals surface area contributed by atoms with Gasteiger partial charge in [-0.05, 0) is 19.9 Å². The van der Waals surface area contributed by atoms with Gasteiger partial charge in [0.25, 0.3) is 5.56 Å². The summed E-state index contributed by atoms with van der Waals surface area (Å²) in [5.74, 6) is 0.349. The molecule has 1 aromatic carbocycles. The number of rotatable bonds is 9. The summed E-state index contributed by atoms with van der Waals surface area (Å²) >= 11 is 0. The average Bonchev–Trinajstić information content (AvgIpc) is 2.65. The van der Waals surface area contributed by atoms with Crippen molar-refractivity contribution >= 4 is 17.9 Å². The number of aliphatic hydroxyl groups excluding tert-OH is 1. The molecule has 2 rings (SSSR count). The van der Waals surface area contributed by atoms with Crippen molar-refractivity contribution in [3.05, 3.63) is 49.4 Å². The minimum absolute atomic E-state index is 0.0428. The molecule has 150 valence electrons. The Hall–Kier alpha value is -3.47. The lowest BCUT2D eigenvalue weighted by molar-refractivity contribution is -0.385. The van der Waals surface area contributed by atoms with Crippen molar-refractivity contribution < 1.29 is 19.5 Å². The lowest BCUT2D eigenvalue weighted by atomic mass is 10.2. The molecule has 0 saturated carbocycles. The van der Waals surface area contributed by atoms with Crippen molar-refractivity contribution in [2.75, 3.05) is 25.7 Å². The maximum atomic E-state index is 12.0. The molecule has 11 nitrogen and oxygen atoms in total. The number of aromatic amines is 1. The fourth-order valence-corrected chi connectivity index (χ4v) is 2.50. The van der Waals surface area contributed by atoms with Crippen molar-refractivity contribution in [3.8, 4) is 11.5 Å². The molecule has 0 unspecified atom stereocenters. The Morgan fingerprint density at radius 1 is 1.46 bits per heavy atom. The molecule has 1 aromatic heterocycles. The number of nitro benzene ring substituents is 1. The zero-order valence-electron chi connectivity index (χ0n) is 15.7. The molecule has 0 saturated heterocycles. The summed E-state index contributed by atoms with van der Waals surface area (Å²) in [7, 11) is 1.38. The minimum atomic E-state index is -0.569. The van der Waals surface area contributed by atoms with E-state index < -0.39 is 4.92 Å². The zero-order valence-corrected chi connectivity index (χ0v) is 15.7. The number of H-pyrrole nitrogens is 1. The number of nitro groups is 1. The molecule has 0 spiro atoms. The van der Waals surface area contributed by atoms with Crippen LogP contribution in [0, 0.1) is 17.0 Å². The summed E-state index contributed by atoms with van der Waals surface area (Å²) in [6.07, 6.45) is 1.52. The number of aromatic nitrogens is 2. The van der Waals surface area contributed by atoms with Gasteiger partial charge in [-0.1, -0.05) is 0 Å². The summed E-state index contributed by atoms with van der Waals surface area (Å²) in [4.78, 5) is 29.4. The predicted molar refractivity (Wildman–Crippen MR) is 102 cm³/mol. The Labute approximate surface area is 160 Å². The van der Waals surface area contributed by atoms with Crippen LogP contribution in [0.5, 0.6) is 11.5 Å². The number of aliphatic hydroxyl groups is 1. The molecule has 1 heterocycles. The summed E-state index contributed by atoms with van der Waals surface area (Å²) in [5, 5.41) is 24.2. The highest BCUT2D eigenvalue weighted by Gasteiger charge is 2.21. The SMILES string of the molecule is CCOc1c(OC)cc(/C=N\Nc2nc(C)c(CCO)c(=O)[nH]2)cc1[N+](=O)[O-]. The third-order valence-corrected chi connectivity index (χ3v) is 3.73. The molecule has 3 N–H and O–H groups in total. The van der Waals surface area contributed by atoms with E-state index in [-0.39, 0.29) is 48.3 Å². The van der Waals surface area contributed by atoms with Crippen LogP contribution in [0.3, 0.4) is 0 Å². The quantitative estimate of drug-likeness (QED) is 0.329. The molecular weight excluding hydrogens is 370 g/mol. The number of anilines is 1. The topological polar surface area (TPSA) is 152 Å². The number of methoxy groups -OCH3 is 1. The molecule has 11 heteroatoms. The van der Waals surface area contributed by atoms with Crippen LogP contribution >= 0.6 is 0 Å². The van der Waals surface area contributed by atoms with Gasteiger partial charge >= 0.3 is 5.69 Å². The molecule has 0 aliphatic heterocycles. The van der Waals surface area contributed by atoms with Crippen LogP contribution in [0.15, 0.2) is 22.0 Å². The maximum Gasteiger partial charge on any atom is 0.315 e. The number of ether oxygens (including phenoxy) is 2. The number of nitrogens with zero attached hydrogens (tertiary/aromatic N) is 3. The van der Waals surface area contributed by atoms with Crippen molar-refractivity contribution in [2.45, 2.75) is 20.3 Å². The molecule has 28 heavy (non-hydrogen) atoms. The summed E-state index contributed by atoms with van der Waals surface area (Å²) in [5.41, 5.74) is 3.18. The van der Waals surface area contributed by atoms with Gasteiger partial charge in [0.05, 0.1) is 30.5 Å². The Kier molecular flexibility index (Phi) is 7.04. The van der Waals surface area contributed by atoms with Gasteiger partial charge in [0.15, 0.2) is 5.75 Å². The van der Waals surface area contributed by atoms with Gasteiger partial charge in [0.2, 0.25) is 11.7 Å². The Bertz CT molecular complexity index is 940. The normalized spacial score (nSPS) is 10.9. The second kappa shape index (κ2) is 9.46. The minimum Gasteiger partial charge on any atom is -0.493 e. The second-order valence-corrected chi connectivity index (χ2v) is 5.58. The van der Waals surface area contributed by atoms with E-state index in [9.17, 15) is 14.9 Å². The van der Waals surface area contributed by atoms with Gasteiger partial charge in [-0.2, -0.15) is 5.10 Å². The monoisotopic (exact) mass is 391 g/mol. The predicted octanol–water partition coefficient (Wildman–Crippen LogP) is 1.37. The van der Waals surface area contributed by atoms with Gasteiger partial charge in [0, 0.05) is 30.2 Å². The molecule has 0 aliphatic carbocycles. The Morgan fingerprint density at radius 2 is 2.21 bits per heavy atom. The molecule has 0 aliphatic rings. The second-order valence-electron chi connectivity index (χ2n) is 5.58. The number of hydrazone groups is 1. The van der Waals surface area contributed by atoms with E-state index in [1.807, 2.05) is 0 Å². The van der Waals surface area contributed by atoms with E-state index in [2.05, 4.69) is 20.5 Å². The number of hydrogen-bond donors (Lipinski definition) is 3. The van der Waals surface area contributed by atoms with Crippen LogP contribution in [0.2, 0.25) is 0 Å². The van der Waals surface area contributed by atoms with Gasteiger partial charge < -0.3 is 14.6 Å². The van der Waals surface area contributed by atoms with Gasteiger partial charge in [-0.25, -0.2) is 10.4 Å². The number of aryl methyl sites for hydroxylation is 1. The van der Waals surface area contributed by atoms with Crippen LogP contribution in [-0.4, -0.2) is 46.5 Å². The standard InChI is InChI=1S/C17H21N5O6/c1-4-28-15-13(22(25)26)7-11(8-14(15)27-3)9-18-21-17-19-10(2)12(5-6-23)16(24)20-17/h7-9,23H,4-6H2,1-3H3,(H2,19,20,21,24)/b18-9-. The van der Waals surface area contributed by atoms with Gasteiger partial charge in [-0.3, -0.25) is 19.9 Å². The van der Waals surface area contributed by atoms with Crippen LogP contribution in [0.25, 0.3) is 0 Å². The van der Waals surface area contributed by atoms with E-state index in [1.54, 1.807) is 13.8 Å². The van der Waals surface area contributed by atoms with Crippen LogP contribution < -0.4 is 20.5 Å². The van der Waals surface area contributed by atoms with Crippen molar-refractivity contribution in [3.63, 3.8) is 0 Å². The zero-order chi connectivity index (χ0) is 20.7. The molecule has 0 bridgehead atoms. The van der Waals surface area contributed by atoms with E-state index in [4.69, 9.17) is 14.6 Å². The van der Waals surface area contributed by atoms with Gasteiger partial charge in [0.1, 0.15) is 0 Å². The number of nitrogens with one attached hydrogen (secondary N) is 2. The van der Waals surface area contributed by atoms with E-state index >= 15 is 0 Å². The highest BCUT2D eigenvalue weighted by atomic mass is 16.6. The molecule has 0 atom stereocenters. The smallest absolute Gasteiger partial charge is 0.315 e. The first-order chi connectivity index (χ1) is 13.4. The first-order valence-corrected chi connectivity index (χ1v) is 8.40. The van der Waals surface area contributed by atoms with E-state index in [1.165, 1.54) is 25.5 Å². The number of hydrogen-bond acceptors (Lipinski definition) is 9. The summed E-state index contributed by atoms with van der Waals surface area (Å²) in [6, 6.07) is 2.83. The van der Waals surface area contributed by atoms with Crippen molar-refractivity contribution in [2.24, 2.45) is 5.10 Å².